The normalized spacial score (nSPS) is 13.2. The summed E-state index contributed by atoms with van der Waals surface area (Å²) in [5.74, 6) is 0.677. The van der Waals surface area contributed by atoms with Crippen molar-refractivity contribution in [1.29, 1.82) is 0 Å². The molecule has 2 heteroatoms. The number of aliphatic hydroxyl groups excluding tert-OH is 1. The van der Waals surface area contributed by atoms with Crippen LogP contribution in [0.5, 0.6) is 0 Å². The lowest BCUT2D eigenvalue weighted by Gasteiger charge is -2.23. The number of rotatable bonds is 8. The van der Waals surface area contributed by atoms with Gasteiger partial charge in [-0.25, -0.2) is 0 Å². The predicted molar refractivity (Wildman–Crippen MR) is 82.3 cm³/mol. The quantitative estimate of drug-likeness (QED) is 0.774. The molecular formula is C17H29NO. The molecule has 1 rings (SSSR count). The molecule has 0 aliphatic heterocycles. The molecule has 0 bridgehead atoms. The Balaban J connectivity index is 2.59. The molecule has 1 aromatic carbocycles. The van der Waals surface area contributed by atoms with E-state index in [1.54, 1.807) is 0 Å². The van der Waals surface area contributed by atoms with Gasteiger partial charge < -0.3 is 10.0 Å². The minimum absolute atomic E-state index is 0.375. The second-order valence-corrected chi connectivity index (χ2v) is 5.75. The first kappa shape index (κ1) is 16.2. The predicted octanol–water partition coefficient (Wildman–Crippen LogP) is 3.65. The number of benzene rings is 1. The van der Waals surface area contributed by atoms with E-state index in [0.29, 0.717) is 5.92 Å². The molecule has 1 aromatic rings. The zero-order chi connectivity index (χ0) is 14.3. The van der Waals surface area contributed by atoms with Crippen LogP contribution >= 0.6 is 0 Å². The second-order valence-electron chi connectivity index (χ2n) is 5.75. The van der Waals surface area contributed by atoms with Gasteiger partial charge in [0.15, 0.2) is 0 Å². The van der Waals surface area contributed by atoms with Crippen LogP contribution in [0.3, 0.4) is 0 Å². The molecule has 1 unspecified atom stereocenters. The molecule has 0 saturated heterocycles. The van der Waals surface area contributed by atoms with Crippen LogP contribution in [0.2, 0.25) is 0 Å². The molecule has 0 aliphatic carbocycles. The fraction of sp³-hybridized carbons (Fsp3) is 0.647. The summed E-state index contributed by atoms with van der Waals surface area (Å²) in [6.45, 7) is 11.6. The molecule has 0 amide bonds. The minimum Gasteiger partial charge on any atom is -0.387 e. The Hall–Kier alpha value is -0.860. The maximum absolute atomic E-state index is 10.3. The molecule has 19 heavy (non-hydrogen) atoms. The van der Waals surface area contributed by atoms with Crippen LogP contribution in [0, 0.1) is 5.92 Å². The van der Waals surface area contributed by atoms with E-state index < -0.39 is 0 Å². The largest absolute Gasteiger partial charge is 0.387 e. The summed E-state index contributed by atoms with van der Waals surface area (Å²) in [6.07, 6.45) is 1.86. The molecule has 108 valence electrons. The van der Waals surface area contributed by atoms with Crippen molar-refractivity contribution >= 4 is 0 Å². The molecule has 0 aliphatic rings. The van der Waals surface area contributed by atoms with Crippen LogP contribution in [0.4, 0.5) is 0 Å². The Morgan fingerprint density at radius 1 is 1.11 bits per heavy atom. The van der Waals surface area contributed by atoms with Crippen LogP contribution in [-0.2, 0) is 6.42 Å². The highest BCUT2D eigenvalue weighted by Crippen LogP contribution is 2.17. The van der Waals surface area contributed by atoms with Gasteiger partial charge in [-0.3, -0.25) is 0 Å². The molecule has 1 atom stereocenters. The lowest BCUT2D eigenvalue weighted by molar-refractivity contribution is 0.116. The summed E-state index contributed by atoms with van der Waals surface area (Å²) >= 11 is 0. The zero-order valence-electron chi connectivity index (χ0n) is 12.9. The average Bonchev–Trinajstić information content (AvgIpc) is 2.38. The molecule has 0 heterocycles. The molecule has 0 saturated carbocycles. The van der Waals surface area contributed by atoms with Crippen molar-refractivity contribution in [2.24, 2.45) is 5.92 Å². The van der Waals surface area contributed by atoms with E-state index in [4.69, 9.17) is 0 Å². The highest BCUT2D eigenvalue weighted by atomic mass is 16.3. The van der Waals surface area contributed by atoms with Crippen molar-refractivity contribution in [3.8, 4) is 0 Å². The fourth-order valence-electron chi connectivity index (χ4n) is 2.39. The van der Waals surface area contributed by atoms with Gasteiger partial charge in [0, 0.05) is 6.54 Å². The molecule has 1 N–H and O–H groups in total. The van der Waals surface area contributed by atoms with Gasteiger partial charge in [0.2, 0.25) is 0 Å². The number of likely N-dealkylation sites (N-methyl/N-ethyl adjacent to an activating group) is 1. The third-order valence-corrected chi connectivity index (χ3v) is 3.43. The summed E-state index contributed by atoms with van der Waals surface area (Å²) in [5, 5.41) is 10.3. The van der Waals surface area contributed by atoms with Gasteiger partial charge in [-0.15, -0.1) is 0 Å². The van der Waals surface area contributed by atoms with Gasteiger partial charge in [0.1, 0.15) is 0 Å². The van der Waals surface area contributed by atoms with Crippen LogP contribution in [0.25, 0.3) is 0 Å². The topological polar surface area (TPSA) is 23.5 Å². The molecule has 2 nitrogen and oxygen atoms in total. The Morgan fingerprint density at radius 2 is 1.74 bits per heavy atom. The van der Waals surface area contributed by atoms with Gasteiger partial charge in [-0.05, 0) is 43.0 Å². The van der Waals surface area contributed by atoms with Crippen molar-refractivity contribution < 1.29 is 5.11 Å². The lowest BCUT2D eigenvalue weighted by Crippen LogP contribution is -2.29. The van der Waals surface area contributed by atoms with E-state index in [1.807, 2.05) is 0 Å². The summed E-state index contributed by atoms with van der Waals surface area (Å²) in [7, 11) is 0. The Kier molecular flexibility index (Phi) is 7.11. The Morgan fingerprint density at radius 3 is 2.21 bits per heavy atom. The first-order valence-corrected chi connectivity index (χ1v) is 7.56. The standard InChI is InChI=1S/C17H29NO/c1-5-11-18(6-2)13-17(19)16-9-7-15(8-10-16)12-14(3)4/h7-10,14,17,19H,5-6,11-13H2,1-4H3. The number of hydrogen-bond donors (Lipinski definition) is 1. The van der Waals surface area contributed by atoms with Crippen LogP contribution in [-0.4, -0.2) is 29.6 Å². The van der Waals surface area contributed by atoms with Crippen molar-refractivity contribution in [3.05, 3.63) is 35.4 Å². The molecule has 0 spiro atoms. The Labute approximate surface area is 118 Å². The van der Waals surface area contributed by atoms with Crippen LogP contribution < -0.4 is 0 Å². The highest BCUT2D eigenvalue weighted by molar-refractivity contribution is 5.24. The SMILES string of the molecule is CCCN(CC)CC(O)c1ccc(CC(C)C)cc1. The van der Waals surface area contributed by atoms with Gasteiger partial charge in [0.25, 0.3) is 0 Å². The third kappa shape index (κ3) is 5.75. The van der Waals surface area contributed by atoms with Crippen molar-refractivity contribution in [1.82, 2.24) is 4.90 Å². The fourth-order valence-corrected chi connectivity index (χ4v) is 2.39. The van der Waals surface area contributed by atoms with Crippen molar-refractivity contribution in [2.75, 3.05) is 19.6 Å². The van der Waals surface area contributed by atoms with E-state index in [-0.39, 0.29) is 6.10 Å². The molecule has 0 aromatic heterocycles. The highest BCUT2D eigenvalue weighted by Gasteiger charge is 2.11. The number of aliphatic hydroxyl groups is 1. The van der Waals surface area contributed by atoms with E-state index in [2.05, 4.69) is 56.9 Å². The Bertz CT molecular complexity index is 345. The van der Waals surface area contributed by atoms with Crippen molar-refractivity contribution in [2.45, 2.75) is 46.6 Å². The summed E-state index contributed by atoms with van der Waals surface area (Å²) in [5.41, 5.74) is 2.38. The number of hydrogen-bond acceptors (Lipinski definition) is 2. The van der Waals surface area contributed by atoms with Gasteiger partial charge in [-0.2, -0.15) is 0 Å². The van der Waals surface area contributed by atoms with E-state index in [1.165, 1.54) is 5.56 Å². The maximum Gasteiger partial charge on any atom is 0.0916 e. The zero-order valence-corrected chi connectivity index (χ0v) is 12.9. The van der Waals surface area contributed by atoms with E-state index in [9.17, 15) is 5.11 Å². The molecular weight excluding hydrogens is 234 g/mol. The van der Waals surface area contributed by atoms with Crippen molar-refractivity contribution in [3.63, 3.8) is 0 Å². The second kappa shape index (κ2) is 8.34. The minimum atomic E-state index is -0.375. The summed E-state index contributed by atoms with van der Waals surface area (Å²) in [6, 6.07) is 8.44. The van der Waals surface area contributed by atoms with E-state index in [0.717, 1.165) is 38.0 Å². The first-order chi connectivity index (χ1) is 9.06. The first-order valence-electron chi connectivity index (χ1n) is 7.56. The van der Waals surface area contributed by atoms with Gasteiger partial charge >= 0.3 is 0 Å². The summed E-state index contributed by atoms with van der Waals surface area (Å²) in [4.78, 5) is 2.30. The smallest absolute Gasteiger partial charge is 0.0916 e. The van der Waals surface area contributed by atoms with Crippen LogP contribution in [0.15, 0.2) is 24.3 Å². The van der Waals surface area contributed by atoms with Gasteiger partial charge in [-0.1, -0.05) is 52.0 Å². The average molecular weight is 263 g/mol. The maximum atomic E-state index is 10.3. The van der Waals surface area contributed by atoms with Gasteiger partial charge in [0.05, 0.1) is 6.10 Å². The summed E-state index contributed by atoms with van der Waals surface area (Å²) < 4.78 is 0. The molecule has 0 fully saturated rings. The number of nitrogens with zero attached hydrogens (tertiary/aromatic N) is 1. The van der Waals surface area contributed by atoms with Crippen LogP contribution in [0.1, 0.15) is 51.3 Å². The lowest BCUT2D eigenvalue weighted by atomic mass is 10.00. The third-order valence-electron chi connectivity index (χ3n) is 3.43. The monoisotopic (exact) mass is 263 g/mol. The molecule has 0 radical (unpaired) electrons. The van der Waals surface area contributed by atoms with E-state index >= 15 is 0 Å².